The van der Waals surface area contributed by atoms with Gasteiger partial charge in [0.1, 0.15) is 16.7 Å². The van der Waals surface area contributed by atoms with Crippen molar-refractivity contribution >= 4 is 39.2 Å². The van der Waals surface area contributed by atoms with Gasteiger partial charge in [-0.05, 0) is 67.9 Å². The number of carbonyl (C=O) groups excluding carboxylic acids is 2. The molecule has 160 valence electrons. The van der Waals surface area contributed by atoms with Crippen molar-refractivity contribution < 1.29 is 18.7 Å². The number of fused-ring (bicyclic) bond motifs is 2. The summed E-state index contributed by atoms with van der Waals surface area (Å²) in [5.41, 5.74) is 5.29. The number of furan rings is 1. The van der Waals surface area contributed by atoms with Crippen LogP contribution in [0.15, 0.2) is 22.8 Å². The quantitative estimate of drug-likeness (QED) is 0.578. The Morgan fingerprint density at radius 1 is 1.32 bits per heavy atom. The molecular weight excluding hydrogens is 412 g/mol. The highest BCUT2D eigenvalue weighted by molar-refractivity contribution is 7.16. The number of anilines is 1. The Morgan fingerprint density at radius 2 is 2.10 bits per heavy atom. The Bertz CT molecular complexity index is 1210. The lowest BCUT2D eigenvalue weighted by Crippen LogP contribution is -2.21. The van der Waals surface area contributed by atoms with Gasteiger partial charge in [-0.1, -0.05) is 6.92 Å². The smallest absolute Gasteiger partial charge is 0.310 e. The zero-order valence-electron chi connectivity index (χ0n) is 17.8. The van der Waals surface area contributed by atoms with Crippen molar-refractivity contribution in [1.82, 2.24) is 0 Å². The molecule has 1 aliphatic rings. The molecular formula is C24H24N2O4S. The van der Waals surface area contributed by atoms with E-state index in [0.717, 1.165) is 52.5 Å². The van der Waals surface area contributed by atoms with Gasteiger partial charge in [0.25, 0.3) is 5.91 Å². The maximum Gasteiger partial charge on any atom is 0.310 e. The fourth-order valence-electron chi connectivity index (χ4n) is 3.95. The lowest BCUT2D eigenvalue weighted by molar-refractivity contribution is -0.146. The molecule has 0 aliphatic heterocycles. The van der Waals surface area contributed by atoms with Crippen LogP contribution in [0.1, 0.15) is 46.0 Å². The molecule has 3 aromatic rings. The number of nitriles is 1. The minimum absolute atomic E-state index is 0.0252. The summed E-state index contributed by atoms with van der Waals surface area (Å²) in [6.07, 6.45) is 4.42. The van der Waals surface area contributed by atoms with Crippen LogP contribution in [0.2, 0.25) is 0 Å². The molecule has 4 rings (SSSR count). The Morgan fingerprint density at radius 3 is 2.87 bits per heavy atom. The van der Waals surface area contributed by atoms with Crippen LogP contribution in [0.25, 0.3) is 11.0 Å². The molecule has 2 heterocycles. The Hall–Kier alpha value is -3.11. The van der Waals surface area contributed by atoms with E-state index in [1.807, 2.05) is 26.0 Å². The highest BCUT2D eigenvalue weighted by atomic mass is 32.1. The number of ether oxygens (including phenoxy) is 1. The number of hydrogen-bond acceptors (Lipinski definition) is 6. The lowest BCUT2D eigenvalue weighted by Gasteiger charge is -2.17. The molecule has 7 heteroatoms. The largest absolute Gasteiger partial charge is 0.464 e. The standard InChI is InChI=1S/C24H24N2O4S/c1-13-4-5-17-19(10-25)24(31-21(17)6-13)26-22(27)12-30-23(28)9-16-11-29-20-8-15(3)14(2)7-18(16)20/h7-8,11,13H,4-6,9,12H2,1-3H3,(H,26,27)/t13-/m0/s1. The predicted octanol–water partition coefficient (Wildman–Crippen LogP) is 4.83. The normalized spacial score (nSPS) is 15.4. The summed E-state index contributed by atoms with van der Waals surface area (Å²) in [6, 6.07) is 6.16. The molecule has 1 amide bonds. The molecule has 1 aromatic carbocycles. The van der Waals surface area contributed by atoms with E-state index in [2.05, 4.69) is 18.3 Å². The number of benzene rings is 1. The molecule has 0 saturated heterocycles. The average molecular weight is 437 g/mol. The van der Waals surface area contributed by atoms with Crippen molar-refractivity contribution in [2.24, 2.45) is 5.92 Å². The van der Waals surface area contributed by atoms with Gasteiger partial charge in [-0.3, -0.25) is 9.59 Å². The molecule has 0 spiro atoms. The van der Waals surface area contributed by atoms with E-state index in [0.29, 0.717) is 16.5 Å². The third kappa shape index (κ3) is 4.35. The summed E-state index contributed by atoms with van der Waals surface area (Å²) in [7, 11) is 0. The van der Waals surface area contributed by atoms with Crippen LogP contribution in [0.4, 0.5) is 5.00 Å². The Balaban J connectivity index is 1.37. The monoisotopic (exact) mass is 436 g/mol. The van der Waals surface area contributed by atoms with Crippen LogP contribution in [-0.4, -0.2) is 18.5 Å². The van der Waals surface area contributed by atoms with Crippen LogP contribution in [0.5, 0.6) is 0 Å². The first-order chi connectivity index (χ1) is 14.9. The first-order valence-electron chi connectivity index (χ1n) is 10.3. The van der Waals surface area contributed by atoms with E-state index in [9.17, 15) is 14.9 Å². The SMILES string of the molecule is Cc1cc2occ(CC(=O)OCC(=O)Nc3sc4c(c3C#N)CC[C@H](C)C4)c2cc1C. The number of aryl methyl sites for hydroxylation is 2. The summed E-state index contributed by atoms with van der Waals surface area (Å²) in [5.74, 6) is -0.371. The van der Waals surface area contributed by atoms with Crippen molar-refractivity contribution in [2.75, 3.05) is 11.9 Å². The number of rotatable bonds is 5. The number of esters is 1. The van der Waals surface area contributed by atoms with E-state index in [-0.39, 0.29) is 6.42 Å². The van der Waals surface area contributed by atoms with E-state index < -0.39 is 18.5 Å². The first kappa shape index (κ1) is 21.1. The number of thiophene rings is 1. The number of nitrogens with zero attached hydrogens (tertiary/aromatic N) is 1. The molecule has 1 atom stereocenters. The molecule has 0 unspecified atom stereocenters. The topological polar surface area (TPSA) is 92.3 Å². The maximum atomic E-state index is 12.3. The molecule has 0 bridgehead atoms. The van der Waals surface area contributed by atoms with Crippen LogP contribution >= 0.6 is 11.3 Å². The molecule has 1 aliphatic carbocycles. The van der Waals surface area contributed by atoms with Gasteiger partial charge in [0.05, 0.1) is 18.2 Å². The van der Waals surface area contributed by atoms with E-state index in [4.69, 9.17) is 9.15 Å². The molecule has 2 aromatic heterocycles. The van der Waals surface area contributed by atoms with Crippen molar-refractivity contribution in [3.8, 4) is 6.07 Å². The summed E-state index contributed by atoms with van der Waals surface area (Å²) in [4.78, 5) is 25.8. The van der Waals surface area contributed by atoms with Crippen LogP contribution in [0, 0.1) is 31.1 Å². The molecule has 1 N–H and O–H groups in total. The minimum atomic E-state index is -0.504. The number of nitrogens with one attached hydrogen (secondary N) is 1. The molecule has 6 nitrogen and oxygen atoms in total. The molecule has 0 radical (unpaired) electrons. The van der Waals surface area contributed by atoms with Gasteiger partial charge in [0.15, 0.2) is 6.61 Å². The predicted molar refractivity (Wildman–Crippen MR) is 119 cm³/mol. The van der Waals surface area contributed by atoms with E-state index in [1.54, 1.807) is 6.26 Å². The Kier molecular flexibility index (Phi) is 5.84. The highest BCUT2D eigenvalue weighted by Gasteiger charge is 2.25. The van der Waals surface area contributed by atoms with Gasteiger partial charge in [0.2, 0.25) is 0 Å². The Labute approximate surface area is 184 Å². The third-order valence-electron chi connectivity index (χ3n) is 5.85. The third-order valence-corrected chi connectivity index (χ3v) is 7.02. The maximum absolute atomic E-state index is 12.3. The van der Waals surface area contributed by atoms with Gasteiger partial charge in [-0.15, -0.1) is 11.3 Å². The van der Waals surface area contributed by atoms with Gasteiger partial charge >= 0.3 is 5.97 Å². The van der Waals surface area contributed by atoms with Crippen LogP contribution in [0.3, 0.4) is 0 Å². The number of carbonyl (C=O) groups is 2. The summed E-state index contributed by atoms with van der Waals surface area (Å²) >= 11 is 1.45. The second-order valence-corrected chi connectivity index (χ2v) is 9.35. The van der Waals surface area contributed by atoms with E-state index >= 15 is 0 Å². The minimum Gasteiger partial charge on any atom is -0.464 e. The van der Waals surface area contributed by atoms with Crippen molar-refractivity contribution in [1.29, 1.82) is 5.26 Å². The summed E-state index contributed by atoms with van der Waals surface area (Å²) in [6.45, 7) is 5.81. The van der Waals surface area contributed by atoms with Gasteiger partial charge in [0, 0.05) is 15.8 Å². The first-order valence-corrected chi connectivity index (χ1v) is 11.1. The van der Waals surface area contributed by atoms with Crippen LogP contribution in [-0.2, 0) is 33.6 Å². The zero-order chi connectivity index (χ0) is 22.1. The van der Waals surface area contributed by atoms with E-state index in [1.165, 1.54) is 16.2 Å². The second kappa shape index (κ2) is 8.56. The summed E-state index contributed by atoms with van der Waals surface area (Å²) < 4.78 is 10.7. The fourth-order valence-corrected chi connectivity index (χ4v) is 5.32. The van der Waals surface area contributed by atoms with Crippen LogP contribution < -0.4 is 5.32 Å². The summed E-state index contributed by atoms with van der Waals surface area (Å²) in [5, 5.41) is 13.7. The zero-order valence-corrected chi connectivity index (χ0v) is 18.6. The van der Waals surface area contributed by atoms with Crippen molar-refractivity contribution in [3.63, 3.8) is 0 Å². The van der Waals surface area contributed by atoms with Crippen molar-refractivity contribution in [3.05, 3.63) is 51.1 Å². The molecule has 0 fully saturated rings. The fraction of sp³-hybridized carbons (Fsp3) is 0.375. The molecule has 31 heavy (non-hydrogen) atoms. The van der Waals surface area contributed by atoms with Gasteiger partial charge in [-0.25, -0.2) is 0 Å². The second-order valence-electron chi connectivity index (χ2n) is 8.25. The number of hydrogen-bond donors (Lipinski definition) is 1. The average Bonchev–Trinajstić information content (AvgIpc) is 3.26. The van der Waals surface area contributed by atoms with Gasteiger partial charge < -0.3 is 14.5 Å². The highest BCUT2D eigenvalue weighted by Crippen LogP contribution is 2.39. The van der Waals surface area contributed by atoms with Crippen molar-refractivity contribution in [2.45, 2.75) is 46.5 Å². The molecule has 0 saturated carbocycles. The van der Waals surface area contributed by atoms with Gasteiger partial charge in [-0.2, -0.15) is 5.26 Å². The lowest BCUT2D eigenvalue weighted by atomic mass is 9.89. The number of amides is 1.